The Balaban J connectivity index is 1.75. The number of amides is 2. The van der Waals surface area contributed by atoms with E-state index in [1.165, 1.54) is 0 Å². The van der Waals surface area contributed by atoms with E-state index in [1.54, 1.807) is 4.90 Å². The second kappa shape index (κ2) is 4.89. The zero-order valence-electron chi connectivity index (χ0n) is 10.8. The number of aryl methyl sites for hydroxylation is 1. The molecule has 6 heteroatoms. The van der Waals surface area contributed by atoms with Crippen molar-refractivity contribution in [2.75, 3.05) is 31.6 Å². The first-order valence-electron chi connectivity index (χ1n) is 6.32. The van der Waals surface area contributed by atoms with Crippen molar-refractivity contribution in [3.63, 3.8) is 0 Å². The smallest absolute Gasteiger partial charge is 0.324 e. The van der Waals surface area contributed by atoms with Crippen LogP contribution in [0.5, 0.6) is 0 Å². The fourth-order valence-electron chi connectivity index (χ4n) is 2.13. The summed E-state index contributed by atoms with van der Waals surface area (Å²) in [5, 5.41) is 2.79. The van der Waals surface area contributed by atoms with E-state index in [-0.39, 0.29) is 6.03 Å². The van der Waals surface area contributed by atoms with Crippen LogP contribution in [0.4, 0.5) is 10.7 Å². The van der Waals surface area contributed by atoms with Crippen molar-refractivity contribution in [2.24, 2.45) is 0 Å². The lowest BCUT2D eigenvalue weighted by Crippen LogP contribution is -2.43. The molecular weight excluding hydrogens is 244 g/mol. The van der Waals surface area contributed by atoms with Crippen molar-refractivity contribution in [3.05, 3.63) is 23.8 Å². The number of H-pyrrole nitrogens is 1. The van der Waals surface area contributed by atoms with Gasteiger partial charge >= 0.3 is 6.03 Å². The van der Waals surface area contributed by atoms with Gasteiger partial charge in [-0.05, 0) is 24.6 Å². The summed E-state index contributed by atoms with van der Waals surface area (Å²) in [7, 11) is 0. The second-order valence-corrected chi connectivity index (χ2v) is 4.64. The van der Waals surface area contributed by atoms with Gasteiger partial charge in [0.15, 0.2) is 0 Å². The van der Waals surface area contributed by atoms with Crippen LogP contribution in [0, 0.1) is 6.92 Å². The van der Waals surface area contributed by atoms with E-state index in [2.05, 4.69) is 15.3 Å². The van der Waals surface area contributed by atoms with Crippen LogP contribution in [0.1, 0.15) is 5.56 Å². The van der Waals surface area contributed by atoms with Crippen LogP contribution in [-0.4, -0.2) is 47.2 Å². The number of carbonyl (C=O) groups is 1. The number of rotatable bonds is 1. The minimum atomic E-state index is -0.140. The average Bonchev–Trinajstić information content (AvgIpc) is 2.81. The summed E-state index contributed by atoms with van der Waals surface area (Å²) < 4.78 is 5.22. The van der Waals surface area contributed by atoms with Gasteiger partial charge in [0, 0.05) is 13.1 Å². The first-order chi connectivity index (χ1) is 9.22. The summed E-state index contributed by atoms with van der Waals surface area (Å²) in [6, 6.07) is 5.80. The predicted octanol–water partition coefficient (Wildman–Crippen LogP) is 1.74. The third-order valence-corrected chi connectivity index (χ3v) is 3.16. The second-order valence-electron chi connectivity index (χ2n) is 4.64. The largest absolute Gasteiger partial charge is 0.378 e. The maximum atomic E-state index is 12.0. The summed E-state index contributed by atoms with van der Waals surface area (Å²) in [6.07, 6.45) is 0. The Kier molecular flexibility index (Phi) is 3.08. The highest BCUT2D eigenvalue weighted by molar-refractivity contribution is 5.90. The molecule has 3 rings (SSSR count). The molecule has 19 heavy (non-hydrogen) atoms. The third kappa shape index (κ3) is 2.53. The SMILES string of the molecule is Cc1ccc2nc(NC(=O)N3CCOCC3)[nH]c2c1. The van der Waals surface area contributed by atoms with E-state index in [0.717, 1.165) is 16.6 Å². The van der Waals surface area contributed by atoms with Crippen molar-refractivity contribution in [2.45, 2.75) is 6.92 Å². The molecule has 1 aliphatic heterocycles. The summed E-state index contributed by atoms with van der Waals surface area (Å²) in [4.78, 5) is 21.2. The first-order valence-corrected chi connectivity index (χ1v) is 6.32. The van der Waals surface area contributed by atoms with Crippen molar-refractivity contribution in [1.82, 2.24) is 14.9 Å². The normalized spacial score (nSPS) is 15.7. The monoisotopic (exact) mass is 260 g/mol. The number of aromatic amines is 1. The molecule has 100 valence electrons. The molecule has 0 unspecified atom stereocenters. The van der Waals surface area contributed by atoms with Crippen LogP contribution < -0.4 is 5.32 Å². The Morgan fingerprint density at radius 3 is 3.00 bits per heavy atom. The van der Waals surface area contributed by atoms with Gasteiger partial charge in [-0.15, -0.1) is 0 Å². The molecule has 1 aromatic heterocycles. The van der Waals surface area contributed by atoms with Crippen LogP contribution in [0.2, 0.25) is 0 Å². The number of urea groups is 1. The van der Waals surface area contributed by atoms with E-state index in [9.17, 15) is 4.79 Å². The number of fused-ring (bicyclic) bond motifs is 1. The molecule has 1 aromatic carbocycles. The average molecular weight is 260 g/mol. The number of imidazole rings is 1. The van der Waals surface area contributed by atoms with Crippen LogP contribution >= 0.6 is 0 Å². The van der Waals surface area contributed by atoms with Gasteiger partial charge < -0.3 is 14.6 Å². The molecule has 0 bridgehead atoms. The van der Waals surface area contributed by atoms with Crippen LogP contribution in [0.15, 0.2) is 18.2 Å². The zero-order chi connectivity index (χ0) is 13.2. The van der Waals surface area contributed by atoms with Gasteiger partial charge in [-0.3, -0.25) is 5.32 Å². The highest BCUT2D eigenvalue weighted by Crippen LogP contribution is 2.16. The lowest BCUT2D eigenvalue weighted by atomic mass is 10.2. The van der Waals surface area contributed by atoms with Crippen molar-refractivity contribution in [3.8, 4) is 0 Å². The molecule has 0 aliphatic carbocycles. The molecule has 2 heterocycles. The molecule has 0 radical (unpaired) electrons. The zero-order valence-corrected chi connectivity index (χ0v) is 10.8. The van der Waals surface area contributed by atoms with E-state index < -0.39 is 0 Å². The molecule has 1 aliphatic rings. The topological polar surface area (TPSA) is 70.2 Å². The number of hydrogen-bond acceptors (Lipinski definition) is 3. The van der Waals surface area contributed by atoms with Gasteiger partial charge in [0.1, 0.15) is 0 Å². The maximum absolute atomic E-state index is 12.0. The van der Waals surface area contributed by atoms with E-state index in [1.807, 2.05) is 25.1 Å². The van der Waals surface area contributed by atoms with E-state index in [0.29, 0.717) is 32.3 Å². The predicted molar refractivity (Wildman–Crippen MR) is 72.2 cm³/mol. The summed E-state index contributed by atoms with van der Waals surface area (Å²) in [5.41, 5.74) is 2.93. The van der Waals surface area contributed by atoms with Gasteiger partial charge in [-0.2, -0.15) is 0 Å². The molecule has 6 nitrogen and oxygen atoms in total. The maximum Gasteiger partial charge on any atom is 0.324 e. The Labute approximate surface area is 110 Å². The number of nitrogens with zero attached hydrogens (tertiary/aromatic N) is 2. The Hall–Kier alpha value is -2.08. The molecule has 1 fully saturated rings. The molecule has 0 atom stereocenters. The number of anilines is 1. The van der Waals surface area contributed by atoms with Gasteiger partial charge in [-0.25, -0.2) is 9.78 Å². The summed E-state index contributed by atoms with van der Waals surface area (Å²) >= 11 is 0. The van der Waals surface area contributed by atoms with Gasteiger partial charge in [0.05, 0.1) is 24.2 Å². The highest BCUT2D eigenvalue weighted by atomic mass is 16.5. The number of hydrogen-bond donors (Lipinski definition) is 2. The van der Waals surface area contributed by atoms with Crippen LogP contribution in [-0.2, 0) is 4.74 Å². The molecule has 0 saturated carbocycles. The molecule has 1 saturated heterocycles. The van der Waals surface area contributed by atoms with Gasteiger partial charge in [-0.1, -0.05) is 6.07 Å². The fourth-order valence-corrected chi connectivity index (χ4v) is 2.13. The number of nitrogens with one attached hydrogen (secondary N) is 2. The lowest BCUT2D eigenvalue weighted by Gasteiger charge is -2.26. The van der Waals surface area contributed by atoms with Gasteiger partial charge in [0.25, 0.3) is 0 Å². The highest BCUT2D eigenvalue weighted by Gasteiger charge is 2.17. The number of ether oxygens (including phenoxy) is 1. The van der Waals surface area contributed by atoms with Crippen molar-refractivity contribution in [1.29, 1.82) is 0 Å². The molecule has 2 amide bonds. The van der Waals surface area contributed by atoms with Crippen LogP contribution in [0.3, 0.4) is 0 Å². The minimum Gasteiger partial charge on any atom is -0.378 e. The number of benzene rings is 1. The van der Waals surface area contributed by atoms with E-state index >= 15 is 0 Å². The summed E-state index contributed by atoms with van der Waals surface area (Å²) in [6.45, 7) is 4.43. The third-order valence-electron chi connectivity index (χ3n) is 3.16. The van der Waals surface area contributed by atoms with Gasteiger partial charge in [0.2, 0.25) is 5.95 Å². The standard InChI is InChI=1S/C13H16N4O2/c1-9-2-3-10-11(8-9)15-12(14-10)16-13(18)17-4-6-19-7-5-17/h2-3,8H,4-7H2,1H3,(H2,14,15,16,18). The Morgan fingerprint density at radius 2 is 2.21 bits per heavy atom. The van der Waals surface area contributed by atoms with Crippen molar-refractivity contribution >= 4 is 23.0 Å². The molecule has 2 N–H and O–H groups in total. The summed E-state index contributed by atoms with van der Waals surface area (Å²) in [5.74, 6) is 0.483. The lowest BCUT2D eigenvalue weighted by molar-refractivity contribution is 0.0564. The molecule has 0 spiro atoms. The number of morpholine rings is 1. The van der Waals surface area contributed by atoms with Crippen LogP contribution in [0.25, 0.3) is 11.0 Å². The molecular formula is C13H16N4O2. The van der Waals surface area contributed by atoms with Crippen molar-refractivity contribution < 1.29 is 9.53 Å². The van der Waals surface area contributed by atoms with E-state index in [4.69, 9.17) is 4.74 Å². The fraction of sp³-hybridized carbons (Fsp3) is 0.385. The Morgan fingerprint density at radius 1 is 1.42 bits per heavy atom. The first kappa shape index (κ1) is 12.0. The quantitative estimate of drug-likeness (QED) is 0.820. The number of carbonyl (C=O) groups excluding carboxylic acids is 1. The minimum absolute atomic E-state index is 0.140. The Bertz CT molecular complexity index is 602. The molecule has 2 aromatic rings. The number of aromatic nitrogens is 2.